The lowest BCUT2D eigenvalue weighted by Crippen LogP contribution is -2.17. The molecule has 0 saturated carbocycles. The molecule has 0 saturated heterocycles. The summed E-state index contributed by atoms with van der Waals surface area (Å²) in [6.07, 6.45) is 0.830. The SMILES string of the molecule is Cc1noc(COc2cccc(CC(C)N)c2)n1. The van der Waals surface area contributed by atoms with E-state index in [1.165, 1.54) is 0 Å². The van der Waals surface area contributed by atoms with Crippen LogP contribution in [0.3, 0.4) is 0 Å². The van der Waals surface area contributed by atoms with Gasteiger partial charge in [0, 0.05) is 6.04 Å². The predicted octanol–water partition coefficient (Wildman–Crippen LogP) is 1.85. The van der Waals surface area contributed by atoms with Crippen LogP contribution in [0.5, 0.6) is 5.75 Å². The van der Waals surface area contributed by atoms with Gasteiger partial charge in [-0.25, -0.2) is 0 Å². The van der Waals surface area contributed by atoms with E-state index in [0.29, 0.717) is 11.7 Å². The van der Waals surface area contributed by atoms with Crippen LogP contribution in [0, 0.1) is 6.92 Å². The van der Waals surface area contributed by atoms with Crippen LogP contribution in [0.2, 0.25) is 0 Å². The zero-order valence-electron chi connectivity index (χ0n) is 10.6. The highest BCUT2D eigenvalue weighted by molar-refractivity contribution is 5.29. The number of nitrogens with two attached hydrogens (primary N) is 1. The summed E-state index contributed by atoms with van der Waals surface area (Å²) in [6.45, 7) is 4.04. The molecule has 96 valence electrons. The van der Waals surface area contributed by atoms with Gasteiger partial charge in [-0.05, 0) is 38.0 Å². The first-order valence-corrected chi connectivity index (χ1v) is 5.90. The molecule has 1 heterocycles. The van der Waals surface area contributed by atoms with Crippen LogP contribution < -0.4 is 10.5 Å². The quantitative estimate of drug-likeness (QED) is 0.872. The molecule has 0 amide bonds. The van der Waals surface area contributed by atoms with Gasteiger partial charge in [0.1, 0.15) is 5.75 Å². The van der Waals surface area contributed by atoms with Crippen molar-refractivity contribution in [3.8, 4) is 5.75 Å². The molecular weight excluding hydrogens is 230 g/mol. The second-order valence-corrected chi connectivity index (χ2v) is 4.35. The zero-order chi connectivity index (χ0) is 13.0. The van der Waals surface area contributed by atoms with Crippen LogP contribution in [-0.2, 0) is 13.0 Å². The fourth-order valence-electron chi connectivity index (χ4n) is 1.68. The molecule has 5 heteroatoms. The molecule has 2 N–H and O–H groups in total. The molecule has 1 aromatic carbocycles. The Bertz CT molecular complexity index is 508. The molecule has 1 aromatic heterocycles. The second-order valence-electron chi connectivity index (χ2n) is 4.35. The summed E-state index contributed by atoms with van der Waals surface area (Å²) in [7, 11) is 0. The van der Waals surface area contributed by atoms with Gasteiger partial charge in [0.2, 0.25) is 0 Å². The summed E-state index contributed by atoms with van der Waals surface area (Å²) < 4.78 is 10.6. The minimum atomic E-state index is 0.138. The fraction of sp³-hybridized carbons (Fsp3) is 0.385. The molecule has 0 aliphatic carbocycles. The van der Waals surface area contributed by atoms with Crippen molar-refractivity contribution in [1.82, 2.24) is 10.1 Å². The third-order valence-corrected chi connectivity index (χ3v) is 2.39. The largest absolute Gasteiger partial charge is 0.484 e. The highest BCUT2D eigenvalue weighted by atomic mass is 16.5. The number of hydrogen-bond donors (Lipinski definition) is 1. The van der Waals surface area contributed by atoms with E-state index in [4.69, 9.17) is 15.0 Å². The molecule has 0 spiro atoms. The van der Waals surface area contributed by atoms with Crippen LogP contribution in [0.1, 0.15) is 24.2 Å². The van der Waals surface area contributed by atoms with E-state index in [2.05, 4.69) is 10.1 Å². The van der Waals surface area contributed by atoms with E-state index in [1.807, 2.05) is 31.2 Å². The maximum absolute atomic E-state index is 5.77. The first-order valence-electron chi connectivity index (χ1n) is 5.90. The van der Waals surface area contributed by atoms with Gasteiger partial charge < -0.3 is 15.0 Å². The number of nitrogens with zero attached hydrogens (tertiary/aromatic N) is 2. The third kappa shape index (κ3) is 3.56. The van der Waals surface area contributed by atoms with Gasteiger partial charge in [0.15, 0.2) is 12.4 Å². The summed E-state index contributed by atoms with van der Waals surface area (Å²) in [5.41, 5.74) is 6.92. The molecule has 0 aliphatic rings. The standard InChI is InChI=1S/C13H17N3O2/c1-9(14)6-11-4-3-5-12(7-11)17-8-13-15-10(2)16-18-13/h3-5,7,9H,6,8,14H2,1-2H3. The highest BCUT2D eigenvalue weighted by Gasteiger charge is 2.04. The number of rotatable bonds is 5. The molecule has 0 bridgehead atoms. The van der Waals surface area contributed by atoms with Crippen molar-refractivity contribution in [3.05, 3.63) is 41.5 Å². The summed E-state index contributed by atoms with van der Waals surface area (Å²) in [5, 5.41) is 3.70. The lowest BCUT2D eigenvalue weighted by molar-refractivity contribution is 0.242. The van der Waals surface area contributed by atoms with Crippen molar-refractivity contribution in [1.29, 1.82) is 0 Å². The van der Waals surface area contributed by atoms with Crippen molar-refractivity contribution in [2.75, 3.05) is 0 Å². The lowest BCUT2D eigenvalue weighted by atomic mass is 10.1. The van der Waals surface area contributed by atoms with E-state index in [9.17, 15) is 0 Å². The summed E-state index contributed by atoms with van der Waals surface area (Å²) in [4.78, 5) is 4.07. The molecular formula is C13H17N3O2. The number of aryl methyl sites for hydroxylation is 1. The summed E-state index contributed by atoms with van der Waals surface area (Å²) >= 11 is 0. The average molecular weight is 247 g/mol. The van der Waals surface area contributed by atoms with Crippen LogP contribution in [-0.4, -0.2) is 16.2 Å². The van der Waals surface area contributed by atoms with Gasteiger partial charge in [-0.3, -0.25) is 0 Å². The topological polar surface area (TPSA) is 74.2 Å². The van der Waals surface area contributed by atoms with Crippen LogP contribution in [0.4, 0.5) is 0 Å². The van der Waals surface area contributed by atoms with E-state index >= 15 is 0 Å². The van der Waals surface area contributed by atoms with Gasteiger partial charge in [-0.15, -0.1) is 0 Å². The molecule has 18 heavy (non-hydrogen) atoms. The molecule has 1 unspecified atom stereocenters. The average Bonchev–Trinajstić information content (AvgIpc) is 2.72. The Labute approximate surface area is 106 Å². The van der Waals surface area contributed by atoms with Gasteiger partial charge in [0.25, 0.3) is 5.89 Å². The van der Waals surface area contributed by atoms with Crippen molar-refractivity contribution in [3.63, 3.8) is 0 Å². The highest BCUT2D eigenvalue weighted by Crippen LogP contribution is 2.15. The van der Waals surface area contributed by atoms with Crippen LogP contribution in [0.25, 0.3) is 0 Å². The number of hydrogen-bond acceptors (Lipinski definition) is 5. The maximum Gasteiger partial charge on any atom is 0.264 e. The van der Waals surface area contributed by atoms with E-state index < -0.39 is 0 Å². The fourth-order valence-corrected chi connectivity index (χ4v) is 1.68. The molecule has 5 nitrogen and oxygen atoms in total. The van der Waals surface area contributed by atoms with E-state index in [-0.39, 0.29) is 12.6 Å². The second kappa shape index (κ2) is 5.64. The third-order valence-electron chi connectivity index (χ3n) is 2.39. The first kappa shape index (κ1) is 12.6. The number of aromatic nitrogens is 2. The maximum atomic E-state index is 5.77. The minimum Gasteiger partial charge on any atom is -0.484 e. The predicted molar refractivity (Wildman–Crippen MR) is 67.2 cm³/mol. The molecule has 2 aromatic rings. The van der Waals surface area contributed by atoms with Crippen LogP contribution in [0.15, 0.2) is 28.8 Å². The van der Waals surface area contributed by atoms with E-state index in [1.54, 1.807) is 6.92 Å². The molecule has 0 fully saturated rings. The minimum absolute atomic E-state index is 0.138. The molecule has 0 radical (unpaired) electrons. The Morgan fingerprint density at radius 2 is 2.28 bits per heavy atom. The van der Waals surface area contributed by atoms with Crippen molar-refractivity contribution >= 4 is 0 Å². The van der Waals surface area contributed by atoms with Crippen molar-refractivity contribution in [2.45, 2.75) is 32.9 Å². The zero-order valence-corrected chi connectivity index (χ0v) is 10.6. The van der Waals surface area contributed by atoms with E-state index in [0.717, 1.165) is 17.7 Å². The number of ether oxygens (including phenoxy) is 1. The first-order chi connectivity index (χ1) is 8.63. The van der Waals surface area contributed by atoms with Crippen molar-refractivity contribution < 1.29 is 9.26 Å². The van der Waals surface area contributed by atoms with Gasteiger partial charge in [0.05, 0.1) is 0 Å². The number of benzene rings is 1. The monoisotopic (exact) mass is 247 g/mol. The van der Waals surface area contributed by atoms with Gasteiger partial charge in [-0.2, -0.15) is 4.98 Å². The Kier molecular flexibility index (Phi) is 3.94. The van der Waals surface area contributed by atoms with Gasteiger partial charge in [-0.1, -0.05) is 17.3 Å². The summed E-state index contributed by atoms with van der Waals surface area (Å²) in [5.74, 6) is 1.87. The van der Waals surface area contributed by atoms with Crippen molar-refractivity contribution in [2.24, 2.45) is 5.73 Å². The lowest BCUT2D eigenvalue weighted by Gasteiger charge is -2.08. The van der Waals surface area contributed by atoms with Crippen LogP contribution >= 0.6 is 0 Å². The molecule has 0 aliphatic heterocycles. The Morgan fingerprint density at radius 1 is 1.44 bits per heavy atom. The molecule has 1 atom stereocenters. The Morgan fingerprint density at radius 3 is 2.94 bits per heavy atom. The Balaban J connectivity index is 1.96. The smallest absolute Gasteiger partial charge is 0.264 e. The van der Waals surface area contributed by atoms with Gasteiger partial charge >= 0.3 is 0 Å². The summed E-state index contributed by atoms with van der Waals surface area (Å²) in [6, 6.07) is 8.00. The molecule has 2 rings (SSSR count). The Hall–Kier alpha value is -1.88. The normalized spacial score (nSPS) is 12.4.